The van der Waals surface area contributed by atoms with Crippen LogP contribution in [-0.4, -0.2) is 50.1 Å². The summed E-state index contributed by atoms with van der Waals surface area (Å²) >= 11 is 6.88. The molecule has 3 saturated carbocycles. The summed E-state index contributed by atoms with van der Waals surface area (Å²) in [6, 6.07) is 0. The van der Waals surface area contributed by atoms with Crippen molar-refractivity contribution in [2.45, 2.75) is 141 Å². The number of rotatable bonds is 8. The predicted molar refractivity (Wildman–Crippen MR) is 142 cm³/mol. The highest BCUT2D eigenvalue weighted by molar-refractivity contribution is 6.74. The molecule has 6 atom stereocenters. The van der Waals surface area contributed by atoms with E-state index < -0.39 is 21.0 Å². The topological polar surface area (TPSA) is 54.0 Å². The minimum atomic E-state index is -2.07. The Hall–Kier alpha value is -0.0782. The second-order valence-electron chi connectivity index (χ2n) is 14.2. The van der Waals surface area contributed by atoms with Crippen LogP contribution in [0.25, 0.3) is 0 Å². The van der Waals surface area contributed by atoms with Gasteiger partial charge in [-0.3, -0.25) is 4.79 Å². The second-order valence-corrected chi connectivity index (χ2v) is 19.5. The molecule has 1 heterocycles. The minimum absolute atomic E-state index is 0.0507. The van der Waals surface area contributed by atoms with Crippen LogP contribution in [-0.2, 0) is 23.3 Å². The maximum atomic E-state index is 12.7. The quantitative estimate of drug-likeness (QED) is 0.203. The van der Waals surface area contributed by atoms with Gasteiger partial charge in [-0.2, -0.15) is 0 Å². The van der Waals surface area contributed by atoms with Crippen molar-refractivity contribution in [3.8, 4) is 0 Å². The molecule has 8 heteroatoms. The van der Waals surface area contributed by atoms with Crippen molar-refractivity contribution in [1.29, 1.82) is 0 Å². The minimum Gasteiger partial charge on any atom is -0.460 e. The number of ether oxygens (including phenoxy) is 1. The van der Waals surface area contributed by atoms with E-state index in [0.29, 0.717) is 30.1 Å². The third-order valence-electron chi connectivity index (χ3n) is 9.11. The van der Waals surface area contributed by atoms with Gasteiger partial charge in [0.05, 0.1) is 29.5 Å². The van der Waals surface area contributed by atoms with Crippen LogP contribution < -0.4 is 0 Å². The van der Waals surface area contributed by atoms with Gasteiger partial charge in [-0.1, -0.05) is 34.6 Å². The van der Waals surface area contributed by atoms with Crippen molar-refractivity contribution in [2.75, 3.05) is 0 Å². The van der Waals surface area contributed by atoms with E-state index in [-0.39, 0.29) is 40.5 Å². The van der Waals surface area contributed by atoms with E-state index in [9.17, 15) is 4.79 Å². The largest absolute Gasteiger partial charge is 0.476 e. The Morgan fingerprint density at radius 1 is 1.12 bits per heavy atom. The van der Waals surface area contributed by atoms with Gasteiger partial charge in [-0.05, 0) is 88.8 Å². The molecule has 196 valence electrons. The molecule has 0 amide bonds. The van der Waals surface area contributed by atoms with Crippen molar-refractivity contribution in [3.05, 3.63) is 0 Å². The molecule has 0 spiro atoms. The molecule has 4 unspecified atom stereocenters. The van der Waals surface area contributed by atoms with Crippen LogP contribution in [0.2, 0.25) is 18.1 Å². The first kappa shape index (κ1) is 28.5. The van der Waals surface area contributed by atoms with Crippen LogP contribution in [0.1, 0.15) is 94.4 Å². The molecule has 4 rings (SSSR count). The van der Waals surface area contributed by atoms with Crippen molar-refractivity contribution in [3.63, 3.8) is 0 Å². The molecule has 0 aromatic carbocycles. The lowest BCUT2D eigenvalue weighted by Gasteiger charge is -2.64. The zero-order valence-electron chi connectivity index (χ0n) is 23.4. The third kappa shape index (κ3) is 5.74. The zero-order chi connectivity index (χ0) is 25.9. The summed E-state index contributed by atoms with van der Waals surface area (Å²) in [6.07, 6.45) is 3.73. The van der Waals surface area contributed by atoms with Crippen LogP contribution >= 0.6 is 11.6 Å². The molecular formula is C26H48BClO5Si. The maximum absolute atomic E-state index is 12.7. The van der Waals surface area contributed by atoms with Gasteiger partial charge in [-0.15, -0.1) is 11.6 Å². The molecular weight excluding hydrogens is 467 g/mol. The van der Waals surface area contributed by atoms with Gasteiger partial charge in [0.2, 0.25) is 0 Å². The van der Waals surface area contributed by atoms with E-state index in [1.165, 1.54) is 6.42 Å². The molecule has 5 nitrogen and oxygen atoms in total. The molecule has 0 radical (unpaired) electrons. The number of hydrogen-bond acceptors (Lipinski definition) is 5. The first-order valence-corrected chi connectivity index (χ1v) is 16.5. The lowest BCUT2D eigenvalue weighted by Crippen LogP contribution is -2.65. The molecule has 0 aromatic heterocycles. The molecule has 1 aliphatic heterocycles. The van der Waals surface area contributed by atoms with E-state index in [4.69, 9.17) is 30.1 Å². The van der Waals surface area contributed by atoms with E-state index in [0.717, 1.165) is 6.42 Å². The Balaban J connectivity index is 1.63. The number of carbonyl (C=O) groups is 1. The Kier molecular flexibility index (Phi) is 7.83. The number of hydrogen-bond donors (Lipinski definition) is 0. The van der Waals surface area contributed by atoms with Crippen LogP contribution in [0.4, 0.5) is 0 Å². The van der Waals surface area contributed by atoms with Crippen molar-refractivity contribution >= 4 is 33.0 Å². The average molecular weight is 515 g/mol. The van der Waals surface area contributed by atoms with Crippen molar-refractivity contribution in [2.24, 2.45) is 17.3 Å². The van der Waals surface area contributed by atoms with Gasteiger partial charge in [0, 0.05) is 0 Å². The van der Waals surface area contributed by atoms with Gasteiger partial charge in [0.15, 0.2) is 8.32 Å². The van der Waals surface area contributed by atoms with E-state index >= 15 is 0 Å². The van der Waals surface area contributed by atoms with Gasteiger partial charge in [-0.25, -0.2) is 0 Å². The second kappa shape index (κ2) is 9.34. The summed E-state index contributed by atoms with van der Waals surface area (Å²) in [5, 5.41) is -0.235. The maximum Gasteiger partial charge on any atom is 0.476 e. The van der Waals surface area contributed by atoms with Crippen LogP contribution in [0.15, 0.2) is 0 Å². The molecule has 4 fully saturated rings. The fourth-order valence-corrected chi connectivity index (χ4v) is 7.52. The van der Waals surface area contributed by atoms with Crippen LogP contribution in [0.3, 0.4) is 0 Å². The number of carbonyl (C=O) groups excluding carboxylic acids is 1. The number of alkyl halides is 1. The lowest BCUT2D eigenvalue weighted by atomic mass is 9.43. The third-order valence-corrected chi connectivity index (χ3v) is 14.1. The fraction of sp³-hybridized carbons (Fsp3) is 0.962. The number of halogens is 1. The molecule has 34 heavy (non-hydrogen) atoms. The molecule has 0 aromatic rings. The normalized spacial score (nSPS) is 32.6. The highest BCUT2D eigenvalue weighted by atomic mass is 35.5. The van der Waals surface area contributed by atoms with Gasteiger partial charge in [0.25, 0.3) is 0 Å². The molecule has 0 N–H and O–H groups in total. The summed E-state index contributed by atoms with van der Waals surface area (Å²) in [7, 11) is -2.48. The summed E-state index contributed by atoms with van der Waals surface area (Å²) < 4.78 is 25.2. The summed E-state index contributed by atoms with van der Waals surface area (Å²) in [5.74, 6) is 0.999. The van der Waals surface area contributed by atoms with Gasteiger partial charge in [0.1, 0.15) is 5.60 Å². The van der Waals surface area contributed by atoms with Crippen molar-refractivity contribution in [1.82, 2.24) is 0 Å². The zero-order valence-corrected chi connectivity index (χ0v) is 25.2. The van der Waals surface area contributed by atoms with Crippen molar-refractivity contribution < 1.29 is 23.3 Å². The van der Waals surface area contributed by atoms with E-state index in [1.54, 1.807) is 0 Å². The smallest absolute Gasteiger partial charge is 0.460 e. The van der Waals surface area contributed by atoms with E-state index in [1.807, 2.05) is 20.8 Å². The molecule has 2 bridgehead atoms. The monoisotopic (exact) mass is 514 g/mol. The standard InChI is InChI=1S/C26H48BClO5Si/c1-23(2,3)30-22(29)16-18(32-34(10,11)24(4,5)6)12-13-21(28)27-31-20-15-17-14-19(25(17,7)8)26(20,9)33-27/h17-21H,12-16H2,1-11H3/t17?,18?,19?,20-,21?,26+/m1/s1. The first-order valence-electron chi connectivity index (χ1n) is 13.1. The Bertz CT molecular complexity index is 761. The number of esters is 1. The summed E-state index contributed by atoms with van der Waals surface area (Å²) in [5.41, 5.74) is -0.468. The summed E-state index contributed by atoms with van der Waals surface area (Å²) in [6.45, 7) is 23.7. The SMILES string of the molecule is CC(C)(C)OC(=O)CC(CCC(Cl)B1O[C@@H]2CC3CC(C3(C)C)[C@]2(C)O1)O[Si](C)(C)C(C)(C)C. The van der Waals surface area contributed by atoms with Gasteiger partial charge >= 0.3 is 13.1 Å². The first-order chi connectivity index (χ1) is 15.3. The highest BCUT2D eigenvalue weighted by Gasteiger charge is 2.68. The highest BCUT2D eigenvalue weighted by Crippen LogP contribution is 2.65. The van der Waals surface area contributed by atoms with Crippen LogP contribution in [0, 0.1) is 17.3 Å². The lowest BCUT2D eigenvalue weighted by molar-refractivity contribution is -0.199. The Labute approximate surface area is 214 Å². The van der Waals surface area contributed by atoms with Crippen LogP contribution in [0.5, 0.6) is 0 Å². The predicted octanol–water partition coefficient (Wildman–Crippen LogP) is 6.76. The molecule has 3 aliphatic carbocycles. The Morgan fingerprint density at radius 3 is 2.26 bits per heavy atom. The average Bonchev–Trinajstić information content (AvgIpc) is 3.00. The summed E-state index contributed by atoms with van der Waals surface area (Å²) in [4.78, 5) is 12.7. The molecule has 1 saturated heterocycles. The molecule has 4 aliphatic rings. The Morgan fingerprint density at radius 2 is 1.74 bits per heavy atom. The van der Waals surface area contributed by atoms with E-state index in [2.05, 4.69) is 54.6 Å². The van der Waals surface area contributed by atoms with Gasteiger partial charge < -0.3 is 18.5 Å². The fourth-order valence-electron chi connectivity index (χ4n) is 5.90.